The van der Waals surface area contributed by atoms with Gasteiger partial charge >= 0.3 is 6.03 Å². The minimum absolute atomic E-state index is 0.0554. The number of hydrogen-bond donors (Lipinski definition) is 2. The van der Waals surface area contributed by atoms with E-state index in [2.05, 4.69) is 15.5 Å². The summed E-state index contributed by atoms with van der Waals surface area (Å²) in [4.78, 5) is 43.4. The molecule has 2 N–H and O–H groups in total. The number of nitrogens with zero attached hydrogens (tertiary/aromatic N) is 3. The highest BCUT2D eigenvalue weighted by Crippen LogP contribution is 2.08. The zero-order chi connectivity index (χ0) is 23.5. The average Bonchev–Trinajstić information content (AvgIpc) is 2.76. The lowest BCUT2D eigenvalue weighted by Crippen LogP contribution is -2.55. The third-order valence-corrected chi connectivity index (χ3v) is 6.09. The first-order valence-corrected chi connectivity index (χ1v) is 12.2. The van der Waals surface area contributed by atoms with Crippen molar-refractivity contribution in [2.24, 2.45) is 0 Å². The fourth-order valence-electron chi connectivity index (χ4n) is 3.39. The first-order chi connectivity index (χ1) is 15.3. The number of hydrogen-bond acceptors (Lipinski definition) is 5. The van der Waals surface area contributed by atoms with Crippen LogP contribution in [0.3, 0.4) is 0 Å². The van der Waals surface area contributed by atoms with E-state index in [1.54, 1.807) is 11.8 Å². The molecular weight excluding hydrogens is 426 g/mol. The van der Waals surface area contributed by atoms with E-state index in [4.69, 9.17) is 0 Å². The summed E-state index contributed by atoms with van der Waals surface area (Å²) in [6.07, 6.45) is 0.706. The molecule has 0 radical (unpaired) electrons. The molecular formula is C23H37N5O3S. The maximum absolute atomic E-state index is 13.0. The molecule has 1 fully saturated rings. The number of amides is 4. The first kappa shape index (κ1) is 26.0. The predicted octanol–water partition coefficient (Wildman–Crippen LogP) is 2.25. The minimum atomic E-state index is -0.595. The second-order valence-electron chi connectivity index (χ2n) is 8.46. The summed E-state index contributed by atoms with van der Waals surface area (Å²) in [6, 6.07) is 9.17. The van der Waals surface area contributed by atoms with E-state index < -0.39 is 6.04 Å². The normalized spacial score (nSPS) is 15.3. The van der Waals surface area contributed by atoms with Crippen LogP contribution in [-0.2, 0) is 11.2 Å². The van der Waals surface area contributed by atoms with Crippen molar-refractivity contribution in [2.45, 2.75) is 39.3 Å². The third-order valence-electron chi connectivity index (χ3n) is 5.33. The van der Waals surface area contributed by atoms with Gasteiger partial charge in [0.2, 0.25) is 5.91 Å². The van der Waals surface area contributed by atoms with E-state index >= 15 is 0 Å². The molecule has 0 spiro atoms. The molecule has 32 heavy (non-hydrogen) atoms. The number of nitrogens with one attached hydrogen (secondary N) is 2. The molecule has 0 aliphatic carbocycles. The van der Waals surface area contributed by atoms with Crippen LogP contribution in [0, 0.1) is 0 Å². The topological polar surface area (TPSA) is 85.0 Å². The van der Waals surface area contributed by atoms with Crippen molar-refractivity contribution in [3.05, 3.63) is 35.9 Å². The Morgan fingerprint density at radius 3 is 2.28 bits per heavy atom. The number of urea groups is 1. The largest absolute Gasteiger partial charge is 0.345 e. The van der Waals surface area contributed by atoms with Gasteiger partial charge in [0.15, 0.2) is 0 Å². The molecule has 0 bridgehead atoms. The summed E-state index contributed by atoms with van der Waals surface area (Å²) in [5.74, 6) is 0.432. The van der Waals surface area contributed by atoms with Gasteiger partial charge in [-0.3, -0.25) is 9.59 Å². The Hall–Kier alpha value is -2.26. The molecule has 1 heterocycles. The van der Waals surface area contributed by atoms with Crippen molar-refractivity contribution < 1.29 is 14.4 Å². The second-order valence-corrected chi connectivity index (χ2v) is 9.53. The highest BCUT2D eigenvalue weighted by Gasteiger charge is 2.26. The Balaban J connectivity index is 1.92. The van der Waals surface area contributed by atoms with Gasteiger partial charge in [-0.05, 0) is 39.8 Å². The van der Waals surface area contributed by atoms with E-state index in [1.165, 1.54) is 11.8 Å². The number of carbonyl (C=O) groups is 3. The smallest absolute Gasteiger partial charge is 0.318 e. The molecule has 1 aliphatic heterocycles. The van der Waals surface area contributed by atoms with Crippen LogP contribution in [0.5, 0.6) is 0 Å². The highest BCUT2D eigenvalue weighted by atomic mass is 32.2. The van der Waals surface area contributed by atoms with Crippen molar-refractivity contribution in [1.82, 2.24) is 25.3 Å². The van der Waals surface area contributed by atoms with Gasteiger partial charge in [-0.15, -0.1) is 0 Å². The maximum Gasteiger partial charge on any atom is 0.318 e. The Morgan fingerprint density at radius 1 is 1.00 bits per heavy atom. The van der Waals surface area contributed by atoms with Crippen molar-refractivity contribution in [2.75, 3.05) is 52.1 Å². The van der Waals surface area contributed by atoms with Gasteiger partial charge in [-0.25, -0.2) is 4.79 Å². The van der Waals surface area contributed by atoms with Gasteiger partial charge in [-0.1, -0.05) is 42.1 Å². The molecule has 0 aromatic heterocycles. The lowest BCUT2D eigenvalue weighted by atomic mass is 10.1. The quantitative estimate of drug-likeness (QED) is 0.587. The highest BCUT2D eigenvalue weighted by molar-refractivity contribution is 8.13. The molecule has 178 valence electrons. The summed E-state index contributed by atoms with van der Waals surface area (Å²) in [7, 11) is 2.04. The molecule has 0 unspecified atom stereocenters. The Morgan fingerprint density at radius 2 is 1.66 bits per heavy atom. The molecule has 1 aromatic carbocycles. The van der Waals surface area contributed by atoms with Crippen LogP contribution in [0.25, 0.3) is 0 Å². The van der Waals surface area contributed by atoms with E-state index in [9.17, 15) is 14.4 Å². The van der Waals surface area contributed by atoms with E-state index in [0.29, 0.717) is 38.4 Å². The number of piperazine rings is 1. The monoisotopic (exact) mass is 463 g/mol. The molecule has 1 aromatic rings. The number of rotatable bonds is 9. The third kappa shape index (κ3) is 9.08. The van der Waals surface area contributed by atoms with Gasteiger partial charge in [0.25, 0.3) is 5.24 Å². The summed E-state index contributed by atoms with van der Waals surface area (Å²) in [6.45, 7) is 9.52. The van der Waals surface area contributed by atoms with Crippen LogP contribution in [0.2, 0.25) is 0 Å². The lowest BCUT2D eigenvalue weighted by molar-refractivity contribution is -0.134. The second kappa shape index (κ2) is 13.3. The average molecular weight is 464 g/mol. The Kier molecular flexibility index (Phi) is 10.8. The van der Waals surface area contributed by atoms with Gasteiger partial charge in [0.1, 0.15) is 6.04 Å². The van der Waals surface area contributed by atoms with Crippen LogP contribution in [0.1, 0.15) is 26.3 Å². The van der Waals surface area contributed by atoms with Crippen LogP contribution in [-0.4, -0.2) is 96.0 Å². The van der Waals surface area contributed by atoms with Gasteiger partial charge in [0, 0.05) is 51.1 Å². The molecule has 2 rings (SSSR count). The molecule has 0 saturated carbocycles. The van der Waals surface area contributed by atoms with Gasteiger partial charge in [0.05, 0.1) is 0 Å². The molecule has 1 aliphatic rings. The summed E-state index contributed by atoms with van der Waals surface area (Å²) >= 11 is 1.17. The maximum atomic E-state index is 13.0. The van der Waals surface area contributed by atoms with Crippen LogP contribution in [0.15, 0.2) is 30.3 Å². The number of carbonyl (C=O) groups excluding carboxylic acids is 3. The lowest BCUT2D eigenvalue weighted by Gasteiger charge is -2.34. The summed E-state index contributed by atoms with van der Waals surface area (Å²) in [5, 5.41) is 5.61. The summed E-state index contributed by atoms with van der Waals surface area (Å²) < 4.78 is 0. The zero-order valence-electron chi connectivity index (χ0n) is 19.7. The predicted molar refractivity (Wildman–Crippen MR) is 130 cm³/mol. The standard InChI is InChI=1S/C23H37N5O3S/c1-18(2)24-23(31)32-17-16-28(11-10-20-8-6-5-7-9-20)22(30)25-19(3)21(29)27-14-12-26(4)13-15-27/h5-9,18-19H,10-17H2,1-4H3,(H,24,31)(H,25,30)/t19-/m0/s1. The van der Waals surface area contributed by atoms with Crippen molar-refractivity contribution in [3.63, 3.8) is 0 Å². The van der Waals surface area contributed by atoms with Crippen molar-refractivity contribution in [1.29, 1.82) is 0 Å². The van der Waals surface area contributed by atoms with E-state index in [1.807, 2.05) is 56.1 Å². The fraction of sp³-hybridized carbons (Fsp3) is 0.609. The van der Waals surface area contributed by atoms with Crippen LogP contribution in [0.4, 0.5) is 9.59 Å². The van der Waals surface area contributed by atoms with Crippen LogP contribution < -0.4 is 10.6 Å². The van der Waals surface area contributed by atoms with Crippen molar-refractivity contribution >= 4 is 28.9 Å². The number of benzene rings is 1. The SMILES string of the molecule is CC(C)NC(=O)SCCN(CCc1ccccc1)C(=O)N[C@@H](C)C(=O)N1CCN(C)CC1. The molecule has 8 nitrogen and oxygen atoms in total. The molecule has 1 atom stereocenters. The van der Waals surface area contributed by atoms with Gasteiger partial charge in [-0.2, -0.15) is 0 Å². The van der Waals surface area contributed by atoms with E-state index in [0.717, 1.165) is 18.7 Å². The molecule has 1 saturated heterocycles. The summed E-state index contributed by atoms with van der Waals surface area (Å²) in [5.41, 5.74) is 1.14. The number of likely N-dealkylation sites (N-methyl/N-ethyl adjacent to an activating group) is 1. The van der Waals surface area contributed by atoms with Gasteiger partial charge < -0.3 is 25.3 Å². The first-order valence-electron chi connectivity index (χ1n) is 11.3. The zero-order valence-corrected chi connectivity index (χ0v) is 20.5. The minimum Gasteiger partial charge on any atom is -0.345 e. The number of thioether (sulfide) groups is 1. The fourth-order valence-corrected chi connectivity index (χ4v) is 4.20. The van der Waals surface area contributed by atoms with Crippen LogP contribution >= 0.6 is 11.8 Å². The van der Waals surface area contributed by atoms with Crippen molar-refractivity contribution in [3.8, 4) is 0 Å². The Labute approximate surface area is 196 Å². The molecule has 9 heteroatoms. The molecule has 4 amide bonds. The Bertz CT molecular complexity index is 738. The van der Waals surface area contributed by atoms with E-state index in [-0.39, 0.29) is 23.2 Å².